The maximum absolute atomic E-state index is 11.3. The third kappa shape index (κ3) is 5.46. The zero-order valence-corrected chi connectivity index (χ0v) is 11.7. The van der Waals surface area contributed by atoms with Crippen molar-refractivity contribution < 1.29 is 19.2 Å². The molecule has 0 saturated heterocycles. The fourth-order valence-electron chi connectivity index (χ4n) is 2.12. The molecule has 0 heterocycles. The zero-order valence-electron chi connectivity index (χ0n) is 11.7. The van der Waals surface area contributed by atoms with Gasteiger partial charge < -0.3 is 14.3 Å². The monoisotopic (exact) mass is 281 g/mol. The van der Waals surface area contributed by atoms with E-state index >= 15 is 0 Å². The third-order valence-corrected chi connectivity index (χ3v) is 2.85. The summed E-state index contributed by atoms with van der Waals surface area (Å²) in [7, 11) is 1.48. The van der Waals surface area contributed by atoms with Crippen molar-refractivity contribution >= 4 is 5.78 Å². The first-order chi connectivity index (χ1) is 9.54. The van der Waals surface area contributed by atoms with Crippen molar-refractivity contribution in [3.63, 3.8) is 0 Å². The van der Waals surface area contributed by atoms with E-state index < -0.39 is 16.9 Å². The van der Waals surface area contributed by atoms with Gasteiger partial charge in [0.2, 0.25) is 6.54 Å². The first kappa shape index (κ1) is 16.3. The second-order valence-corrected chi connectivity index (χ2v) is 4.59. The Bertz CT molecular complexity index is 418. The number of ether oxygens (including phenoxy) is 2. The van der Waals surface area contributed by atoms with E-state index in [1.54, 1.807) is 0 Å². The summed E-state index contributed by atoms with van der Waals surface area (Å²) in [6.45, 7) is 1.12. The Morgan fingerprint density at radius 2 is 2.00 bits per heavy atom. The van der Waals surface area contributed by atoms with Crippen molar-refractivity contribution in [1.29, 1.82) is 0 Å². The van der Waals surface area contributed by atoms with Crippen molar-refractivity contribution in [2.75, 3.05) is 20.4 Å². The van der Waals surface area contributed by atoms with Gasteiger partial charge in [-0.3, -0.25) is 10.1 Å². The van der Waals surface area contributed by atoms with E-state index in [1.165, 1.54) is 14.0 Å². The lowest BCUT2D eigenvalue weighted by atomic mass is 9.91. The number of carbonyl (C=O) groups is 1. The normalized spacial score (nSPS) is 13.7. The molecule has 0 fully saturated rings. The van der Waals surface area contributed by atoms with Gasteiger partial charge in [-0.25, -0.2) is 0 Å². The van der Waals surface area contributed by atoms with Gasteiger partial charge in [0.05, 0.1) is 12.0 Å². The fraction of sp³-hybridized carbons (Fsp3) is 0.500. The van der Waals surface area contributed by atoms with Gasteiger partial charge in [0, 0.05) is 18.5 Å². The van der Waals surface area contributed by atoms with E-state index in [-0.39, 0.29) is 25.5 Å². The lowest BCUT2D eigenvalue weighted by Gasteiger charge is -2.24. The van der Waals surface area contributed by atoms with Gasteiger partial charge in [0.25, 0.3) is 0 Å². The lowest BCUT2D eigenvalue weighted by molar-refractivity contribution is -0.491. The Morgan fingerprint density at radius 1 is 1.35 bits per heavy atom. The molecule has 0 radical (unpaired) electrons. The van der Waals surface area contributed by atoms with Crippen LogP contribution >= 0.6 is 0 Å². The van der Waals surface area contributed by atoms with E-state index in [9.17, 15) is 14.9 Å². The number of methoxy groups -OCH3 is 1. The molecule has 6 nitrogen and oxygen atoms in total. The maximum Gasteiger partial charge on any atom is 0.209 e. The van der Waals surface area contributed by atoms with Crippen molar-refractivity contribution in [3.05, 3.63) is 46.0 Å². The third-order valence-electron chi connectivity index (χ3n) is 2.85. The second-order valence-electron chi connectivity index (χ2n) is 4.59. The fourth-order valence-corrected chi connectivity index (χ4v) is 2.12. The smallest absolute Gasteiger partial charge is 0.209 e. The maximum atomic E-state index is 11.3. The van der Waals surface area contributed by atoms with E-state index in [0.717, 1.165) is 5.56 Å². The minimum atomic E-state index is -0.537. The van der Waals surface area contributed by atoms with E-state index in [1.807, 2.05) is 30.3 Å². The van der Waals surface area contributed by atoms with Crippen molar-refractivity contribution in [2.45, 2.75) is 19.4 Å². The number of nitro groups is 1. The molecule has 0 aliphatic rings. The molecule has 1 rings (SSSR count). The van der Waals surface area contributed by atoms with Crippen LogP contribution in [-0.2, 0) is 14.3 Å². The van der Waals surface area contributed by atoms with Gasteiger partial charge in [-0.15, -0.1) is 0 Å². The molecule has 0 bridgehead atoms. The van der Waals surface area contributed by atoms with E-state index in [4.69, 9.17) is 9.47 Å². The first-order valence-corrected chi connectivity index (χ1v) is 6.31. The Kier molecular flexibility index (Phi) is 6.83. The molecule has 0 N–H and O–H groups in total. The number of rotatable bonds is 9. The number of hydrogen-bond donors (Lipinski definition) is 0. The standard InChI is InChI=1S/C14H19NO5/c1-11(16)8-13(9-15(17)18)14(20-10-19-2)12-6-4-3-5-7-12/h3-7,13-14H,8-10H2,1-2H3/t13-,14+/m0/s1. The van der Waals surface area contributed by atoms with Crippen LogP contribution in [0.15, 0.2) is 30.3 Å². The SMILES string of the molecule is COCO[C@H](c1ccccc1)[C@@H](CC(C)=O)C[N+](=O)[O-]. The number of benzene rings is 1. The summed E-state index contributed by atoms with van der Waals surface area (Å²) in [6.07, 6.45) is -0.435. The zero-order chi connectivity index (χ0) is 15.0. The molecular formula is C14H19NO5. The second kappa shape index (κ2) is 8.39. The summed E-state index contributed by atoms with van der Waals surface area (Å²) in [5.74, 6) is -0.612. The lowest BCUT2D eigenvalue weighted by Crippen LogP contribution is -2.26. The minimum Gasteiger partial charge on any atom is -0.359 e. The Hall–Kier alpha value is -1.79. The van der Waals surface area contributed by atoms with Gasteiger partial charge in [0.1, 0.15) is 12.6 Å². The van der Waals surface area contributed by atoms with Crippen molar-refractivity contribution in [2.24, 2.45) is 5.92 Å². The summed E-state index contributed by atoms with van der Waals surface area (Å²) in [4.78, 5) is 21.7. The molecule has 0 amide bonds. The van der Waals surface area contributed by atoms with Gasteiger partial charge in [-0.05, 0) is 12.5 Å². The number of Topliss-reactive ketones (excluding diaryl/α,β-unsaturated/α-hetero) is 1. The molecule has 0 spiro atoms. The molecule has 110 valence electrons. The molecule has 20 heavy (non-hydrogen) atoms. The van der Waals surface area contributed by atoms with Gasteiger partial charge in [-0.2, -0.15) is 0 Å². The van der Waals surface area contributed by atoms with Crippen LogP contribution in [-0.4, -0.2) is 31.2 Å². The van der Waals surface area contributed by atoms with Crippen LogP contribution < -0.4 is 0 Å². The topological polar surface area (TPSA) is 78.7 Å². The van der Waals surface area contributed by atoms with Crippen molar-refractivity contribution in [3.8, 4) is 0 Å². The Balaban J connectivity index is 2.96. The van der Waals surface area contributed by atoms with Gasteiger partial charge >= 0.3 is 0 Å². The molecule has 0 aliphatic carbocycles. The minimum absolute atomic E-state index is 0.0195. The largest absolute Gasteiger partial charge is 0.359 e. The van der Waals surface area contributed by atoms with Gasteiger partial charge in [-0.1, -0.05) is 30.3 Å². The highest BCUT2D eigenvalue weighted by molar-refractivity contribution is 5.75. The highest BCUT2D eigenvalue weighted by Crippen LogP contribution is 2.29. The number of carbonyl (C=O) groups excluding carboxylic acids is 1. The summed E-state index contributed by atoms with van der Waals surface area (Å²) in [5, 5.41) is 10.8. The predicted molar refractivity (Wildman–Crippen MR) is 72.8 cm³/mol. The predicted octanol–water partition coefficient (Wildman–Crippen LogP) is 2.22. The summed E-state index contributed by atoms with van der Waals surface area (Å²) in [6, 6.07) is 9.16. The van der Waals surface area contributed by atoms with Crippen LogP contribution in [0.25, 0.3) is 0 Å². The number of hydrogen-bond acceptors (Lipinski definition) is 5. The summed E-state index contributed by atoms with van der Waals surface area (Å²) in [5.41, 5.74) is 0.803. The highest BCUT2D eigenvalue weighted by Gasteiger charge is 2.29. The Labute approximate surface area is 117 Å². The first-order valence-electron chi connectivity index (χ1n) is 6.31. The van der Waals surface area contributed by atoms with Crippen LogP contribution in [0.3, 0.4) is 0 Å². The molecule has 0 saturated carbocycles. The molecule has 1 aromatic rings. The molecule has 1 aromatic carbocycles. The van der Waals surface area contributed by atoms with E-state index in [2.05, 4.69) is 0 Å². The molecule has 0 aliphatic heterocycles. The van der Waals surface area contributed by atoms with Gasteiger partial charge in [0.15, 0.2) is 0 Å². The van der Waals surface area contributed by atoms with Crippen LogP contribution in [0, 0.1) is 16.0 Å². The van der Waals surface area contributed by atoms with Crippen LogP contribution in [0.2, 0.25) is 0 Å². The highest BCUT2D eigenvalue weighted by atomic mass is 16.7. The van der Waals surface area contributed by atoms with Crippen LogP contribution in [0.1, 0.15) is 25.0 Å². The van der Waals surface area contributed by atoms with Crippen molar-refractivity contribution in [1.82, 2.24) is 0 Å². The molecular weight excluding hydrogens is 262 g/mol. The Morgan fingerprint density at radius 3 is 2.50 bits per heavy atom. The molecule has 6 heteroatoms. The number of ketones is 1. The quantitative estimate of drug-likeness (QED) is 0.394. The number of nitrogens with zero attached hydrogens (tertiary/aromatic N) is 1. The summed E-state index contributed by atoms with van der Waals surface area (Å²) >= 11 is 0. The average molecular weight is 281 g/mol. The van der Waals surface area contributed by atoms with Crippen LogP contribution in [0.5, 0.6) is 0 Å². The van der Waals surface area contributed by atoms with E-state index in [0.29, 0.717) is 0 Å². The molecule has 0 aromatic heterocycles. The van der Waals surface area contributed by atoms with Crippen LogP contribution in [0.4, 0.5) is 0 Å². The average Bonchev–Trinajstić information content (AvgIpc) is 2.39. The summed E-state index contributed by atoms with van der Waals surface area (Å²) < 4.78 is 10.4. The molecule has 2 atom stereocenters. The molecule has 0 unspecified atom stereocenters.